The third-order valence-electron chi connectivity index (χ3n) is 3.38. The average Bonchev–Trinajstić information content (AvgIpc) is 3.19. The maximum Gasteiger partial charge on any atom is 0.177 e. The quantitative estimate of drug-likeness (QED) is 0.581. The molecule has 0 unspecified atom stereocenters. The zero-order valence-electron chi connectivity index (χ0n) is 11.5. The minimum absolute atomic E-state index is 0.243. The van der Waals surface area contributed by atoms with E-state index in [1.54, 1.807) is 28.0 Å². The Morgan fingerprint density at radius 2 is 1.86 bits per heavy atom. The van der Waals surface area contributed by atoms with E-state index < -0.39 is 0 Å². The van der Waals surface area contributed by atoms with E-state index in [1.165, 1.54) is 12.1 Å². The molecule has 0 atom stereocenters. The molecule has 0 saturated carbocycles. The van der Waals surface area contributed by atoms with E-state index in [9.17, 15) is 4.39 Å². The molecule has 108 valence electrons. The molecule has 0 fully saturated rings. The van der Waals surface area contributed by atoms with Gasteiger partial charge in [-0.3, -0.25) is 0 Å². The van der Waals surface area contributed by atoms with Gasteiger partial charge in [0, 0.05) is 6.42 Å². The van der Waals surface area contributed by atoms with Crippen molar-refractivity contribution in [3.8, 4) is 10.6 Å². The summed E-state index contributed by atoms with van der Waals surface area (Å²) in [6.45, 7) is 0. The first kappa shape index (κ1) is 13.1. The molecule has 22 heavy (non-hydrogen) atoms. The first-order valence-electron chi connectivity index (χ1n) is 6.79. The normalized spacial score (nSPS) is 11.1. The minimum Gasteiger partial charge on any atom is -0.207 e. The highest BCUT2D eigenvalue weighted by Crippen LogP contribution is 2.22. The van der Waals surface area contributed by atoms with E-state index in [1.807, 2.05) is 29.6 Å². The second kappa shape index (κ2) is 5.31. The molecule has 3 aromatic heterocycles. The van der Waals surface area contributed by atoms with Crippen molar-refractivity contribution in [1.82, 2.24) is 19.8 Å². The second-order valence-corrected chi connectivity index (χ2v) is 5.83. The van der Waals surface area contributed by atoms with E-state index in [4.69, 9.17) is 0 Å². The van der Waals surface area contributed by atoms with Crippen LogP contribution in [0.3, 0.4) is 0 Å². The molecule has 0 bridgehead atoms. The Morgan fingerprint density at radius 3 is 2.64 bits per heavy atom. The van der Waals surface area contributed by atoms with Crippen molar-refractivity contribution in [1.29, 1.82) is 0 Å². The lowest BCUT2D eigenvalue weighted by molar-refractivity contribution is 0.627. The summed E-state index contributed by atoms with van der Waals surface area (Å²) in [7, 11) is 0. The number of halogens is 1. The van der Waals surface area contributed by atoms with Gasteiger partial charge in [-0.25, -0.2) is 4.39 Å². The summed E-state index contributed by atoms with van der Waals surface area (Å²) in [5, 5.41) is 15.0. The summed E-state index contributed by atoms with van der Waals surface area (Å²) in [5.74, 6) is 0.493. The van der Waals surface area contributed by atoms with Crippen LogP contribution in [0.4, 0.5) is 4.39 Å². The third-order valence-corrected chi connectivity index (χ3v) is 4.27. The van der Waals surface area contributed by atoms with E-state index >= 15 is 0 Å². The second-order valence-electron chi connectivity index (χ2n) is 4.89. The lowest BCUT2D eigenvalue weighted by Crippen LogP contribution is -2.01. The number of hydrogen-bond acceptors (Lipinski definition) is 4. The highest BCUT2D eigenvalue weighted by molar-refractivity contribution is 7.13. The smallest absolute Gasteiger partial charge is 0.177 e. The zero-order valence-corrected chi connectivity index (χ0v) is 12.3. The van der Waals surface area contributed by atoms with Crippen molar-refractivity contribution in [2.45, 2.75) is 6.42 Å². The highest BCUT2D eigenvalue weighted by atomic mass is 32.1. The van der Waals surface area contributed by atoms with Crippen molar-refractivity contribution in [3.05, 3.63) is 71.1 Å². The summed E-state index contributed by atoms with van der Waals surface area (Å²) < 4.78 is 14.7. The summed E-state index contributed by atoms with van der Waals surface area (Å²) >= 11 is 1.64. The molecule has 1 aromatic carbocycles. The van der Waals surface area contributed by atoms with Gasteiger partial charge in [-0.1, -0.05) is 18.2 Å². The fourth-order valence-electron chi connectivity index (χ4n) is 2.28. The SMILES string of the molecule is Fc1ccc(Cc2nnc3ccc(-c4cccs4)nn23)cc1. The Hall–Kier alpha value is -2.60. The van der Waals surface area contributed by atoms with Crippen molar-refractivity contribution in [2.24, 2.45) is 0 Å². The van der Waals surface area contributed by atoms with Crippen LogP contribution in [-0.4, -0.2) is 19.8 Å². The third kappa shape index (κ3) is 2.37. The van der Waals surface area contributed by atoms with Gasteiger partial charge in [0.25, 0.3) is 0 Å². The first-order valence-corrected chi connectivity index (χ1v) is 7.67. The Bertz CT molecular complexity index is 913. The number of benzene rings is 1. The van der Waals surface area contributed by atoms with Gasteiger partial charge in [0.15, 0.2) is 11.5 Å². The number of fused-ring (bicyclic) bond motifs is 1. The van der Waals surface area contributed by atoms with E-state index in [0.29, 0.717) is 12.1 Å². The van der Waals surface area contributed by atoms with E-state index in [0.717, 1.165) is 22.0 Å². The van der Waals surface area contributed by atoms with Crippen LogP contribution in [0.2, 0.25) is 0 Å². The fraction of sp³-hybridized carbons (Fsp3) is 0.0625. The van der Waals surface area contributed by atoms with Crippen LogP contribution >= 0.6 is 11.3 Å². The molecule has 0 radical (unpaired) electrons. The van der Waals surface area contributed by atoms with Gasteiger partial charge in [-0.05, 0) is 41.3 Å². The average molecular weight is 310 g/mol. The minimum atomic E-state index is -0.243. The largest absolute Gasteiger partial charge is 0.207 e. The molecule has 0 aliphatic rings. The molecule has 4 nitrogen and oxygen atoms in total. The molecule has 4 rings (SSSR count). The van der Waals surface area contributed by atoms with Gasteiger partial charge in [-0.15, -0.1) is 21.5 Å². The molecule has 0 aliphatic heterocycles. The number of aromatic nitrogens is 4. The van der Waals surface area contributed by atoms with Crippen LogP contribution in [-0.2, 0) is 6.42 Å². The monoisotopic (exact) mass is 310 g/mol. The van der Waals surface area contributed by atoms with Crippen LogP contribution in [0.15, 0.2) is 53.9 Å². The Labute approximate surface area is 129 Å². The molecular weight excluding hydrogens is 299 g/mol. The highest BCUT2D eigenvalue weighted by Gasteiger charge is 2.10. The molecule has 3 heterocycles. The van der Waals surface area contributed by atoms with Crippen LogP contribution in [0.25, 0.3) is 16.2 Å². The van der Waals surface area contributed by atoms with E-state index in [2.05, 4.69) is 15.3 Å². The molecule has 4 aromatic rings. The van der Waals surface area contributed by atoms with Crippen LogP contribution < -0.4 is 0 Å². The van der Waals surface area contributed by atoms with Crippen molar-refractivity contribution >= 4 is 17.0 Å². The summed E-state index contributed by atoms with van der Waals surface area (Å²) in [4.78, 5) is 1.10. The Balaban J connectivity index is 1.74. The molecule has 6 heteroatoms. The maximum atomic E-state index is 13.0. The van der Waals surface area contributed by atoms with Gasteiger partial charge < -0.3 is 0 Å². The lowest BCUT2D eigenvalue weighted by Gasteiger charge is -2.02. The predicted molar refractivity (Wildman–Crippen MR) is 83.3 cm³/mol. The van der Waals surface area contributed by atoms with Crippen molar-refractivity contribution in [2.75, 3.05) is 0 Å². The lowest BCUT2D eigenvalue weighted by atomic mass is 10.1. The standard InChI is InChI=1S/C16H11FN4S/c17-12-5-3-11(4-6-12)10-16-19-18-15-8-7-13(20-21(15)16)14-2-1-9-22-14/h1-9H,10H2. The molecular formula is C16H11FN4S. The number of hydrogen-bond donors (Lipinski definition) is 0. The number of thiophene rings is 1. The Kier molecular flexibility index (Phi) is 3.16. The summed E-state index contributed by atoms with van der Waals surface area (Å²) in [6.07, 6.45) is 0.558. The first-order chi connectivity index (χ1) is 10.8. The molecule has 0 N–H and O–H groups in total. The molecule has 0 aliphatic carbocycles. The molecule has 0 saturated heterocycles. The predicted octanol–water partition coefficient (Wildman–Crippen LogP) is 3.58. The van der Waals surface area contributed by atoms with E-state index in [-0.39, 0.29) is 5.82 Å². The Morgan fingerprint density at radius 1 is 1.00 bits per heavy atom. The van der Waals surface area contributed by atoms with Gasteiger partial charge in [0.05, 0.1) is 4.88 Å². The zero-order chi connectivity index (χ0) is 14.9. The fourth-order valence-corrected chi connectivity index (χ4v) is 2.97. The van der Waals surface area contributed by atoms with Gasteiger partial charge in [-0.2, -0.15) is 9.61 Å². The van der Waals surface area contributed by atoms with Crippen molar-refractivity contribution < 1.29 is 4.39 Å². The van der Waals surface area contributed by atoms with Crippen LogP contribution in [0, 0.1) is 5.82 Å². The van der Waals surface area contributed by atoms with Crippen LogP contribution in [0.1, 0.15) is 11.4 Å². The summed E-state index contributed by atoms with van der Waals surface area (Å²) in [5.41, 5.74) is 2.57. The number of nitrogens with zero attached hydrogens (tertiary/aromatic N) is 4. The maximum absolute atomic E-state index is 13.0. The van der Waals surface area contributed by atoms with Crippen LogP contribution in [0.5, 0.6) is 0 Å². The molecule has 0 amide bonds. The van der Waals surface area contributed by atoms with Gasteiger partial charge >= 0.3 is 0 Å². The number of rotatable bonds is 3. The summed E-state index contributed by atoms with van der Waals surface area (Å²) in [6, 6.07) is 14.3. The van der Waals surface area contributed by atoms with Gasteiger partial charge in [0.2, 0.25) is 0 Å². The molecule has 0 spiro atoms. The topological polar surface area (TPSA) is 43.1 Å². The van der Waals surface area contributed by atoms with Gasteiger partial charge in [0.1, 0.15) is 11.5 Å². The van der Waals surface area contributed by atoms with Crippen molar-refractivity contribution in [3.63, 3.8) is 0 Å².